The van der Waals surface area contributed by atoms with E-state index in [2.05, 4.69) is 15.1 Å². The summed E-state index contributed by atoms with van der Waals surface area (Å²) in [5, 5.41) is 16.2. The number of hydrogen-bond acceptors (Lipinski definition) is 6. The van der Waals surface area contributed by atoms with Gasteiger partial charge in [-0.05, 0) is 19.8 Å². The Bertz CT molecular complexity index is 677. The summed E-state index contributed by atoms with van der Waals surface area (Å²) in [7, 11) is 0. The van der Waals surface area contributed by atoms with Gasteiger partial charge in [-0.3, -0.25) is 4.79 Å². The lowest BCUT2D eigenvalue weighted by molar-refractivity contribution is -0.142. The van der Waals surface area contributed by atoms with Gasteiger partial charge in [0.25, 0.3) is 0 Å². The molecule has 0 amide bonds. The number of aromatic nitrogens is 3. The summed E-state index contributed by atoms with van der Waals surface area (Å²) < 4.78 is 5.28. The fourth-order valence-corrected chi connectivity index (χ4v) is 3.11. The first-order valence-corrected chi connectivity index (χ1v) is 7.62. The molecule has 1 aliphatic carbocycles. The van der Waals surface area contributed by atoms with Gasteiger partial charge in [-0.25, -0.2) is 4.98 Å². The van der Waals surface area contributed by atoms with Crippen molar-refractivity contribution in [3.05, 3.63) is 39.9 Å². The molecule has 0 spiro atoms. The molecule has 2 aromatic rings. The molecule has 1 N–H and O–H groups in total. The molecule has 2 unspecified atom stereocenters. The van der Waals surface area contributed by atoms with E-state index in [0.29, 0.717) is 31.0 Å². The number of nitrogens with zero attached hydrogens (tertiary/aromatic N) is 3. The van der Waals surface area contributed by atoms with Gasteiger partial charge < -0.3 is 9.63 Å². The van der Waals surface area contributed by atoms with Crippen molar-refractivity contribution >= 4 is 17.3 Å². The molecule has 2 aromatic heterocycles. The largest absolute Gasteiger partial charge is 0.481 e. The van der Waals surface area contributed by atoms with Crippen molar-refractivity contribution < 1.29 is 14.4 Å². The van der Waals surface area contributed by atoms with Crippen molar-refractivity contribution in [2.75, 3.05) is 0 Å². The zero-order valence-corrected chi connectivity index (χ0v) is 12.3. The van der Waals surface area contributed by atoms with E-state index in [1.54, 1.807) is 11.3 Å². The molecule has 0 aliphatic heterocycles. The van der Waals surface area contributed by atoms with Gasteiger partial charge in [0, 0.05) is 5.38 Å². The summed E-state index contributed by atoms with van der Waals surface area (Å²) in [4.78, 5) is 20.0. The number of rotatable bonds is 4. The topological polar surface area (TPSA) is 89.1 Å². The lowest BCUT2D eigenvalue weighted by Crippen LogP contribution is -2.23. The molecule has 7 heteroatoms. The highest BCUT2D eigenvalue weighted by molar-refractivity contribution is 7.09. The maximum absolute atomic E-state index is 11.3. The maximum atomic E-state index is 11.3. The molecular weight excluding hydrogens is 290 g/mol. The molecule has 6 nitrogen and oxygen atoms in total. The van der Waals surface area contributed by atoms with E-state index in [-0.39, 0.29) is 5.92 Å². The van der Waals surface area contributed by atoms with Gasteiger partial charge in [-0.2, -0.15) is 4.98 Å². The third-order valence-corrected chi connectivity index (χ3v) is 4.38. The van der Waals surface area contributed by atoms with Crippen LogP contribution in [0.1, 0.15) is 41.2 Å². The predicted octanol–water partition coefficient (Wildman–Crippen LogP) is 2.56. The molecule has 2 atom stereocenters. The van der Waals surface area contributed by atoms with Crippen LogP contribution in [-0.4, -0.2) is 26.2 Å². The number of carboxylic acid groups (broad SMARTS) is 1. The van der Waals surface area contributed by atoms with Crippen LogP contribution in [0, 0.1) is 12.8 Å². The third-order valence-electron chi connectivity index (χ3n) is 3.56. The highest BCUT2D eigenvalue weighted by atomic mass is 32.1. The number of aliphatic carboxylic acids is 1. The third kappa shape index (κ3) is 3.02. The molecule has 2 heterocycles. The maximum Gasteiger partial charge on any atom is 0.307 e. The lowest BCUT2D eigenvalue weighted by Gasteiger charge is -2.21. The molecule has 0 aromatic carbocycles. The van der Waals surface area contributed by atoms with Gasteiger partial charge in [-0.1, -0.05) is 17.3 Å². The van der Waals surface area contributed by atoms with E-state index in [4.69, 9.17) is 4.52 Å². The minimum Gasteiger partial charge on any atom is -0.481 e. The smallest absolute Gasteiger partial charge is 0.307 e. The van der Waals surface area contributed by atoms with Gasteiger partial charge in [0.05, 0.1) is 29.0 Å². The van der Waals surface area contributed by atoms with Crippen LogP contribution in [0.4, 0.5) is 0 Å². The van der Waals surface area contributed by atoms with E-state index in [1.165, 1.54) is 0 Å². The summed E-state index contributed by atoms with van der Waals surface area (Å²) in [6.07, 6.45) is 5.49. The standard InChI is InChI=1S/C14H15N3O3S/c1-8-15-9(7-21-8)6-12-16-13(20-17-12)10-4-2-3-5-11(10)14(18)19/h2-3,7,10-11H,4-6H2,1H3,(H,18,19). The Morgan fingerprint density at radius 2 is 2.24 bits per heavy atom. The Morgan fingerprint density at radius 1 is 1.43 bits per heavy atom. The molecule has 0 bridgehead atoms. The Labute approximate surface area is 125 Å². The Balaban J connectivity index is 1.77. The minimum atomic E-state index is -0.820. The number of thiazole rings is 1. The minimum absolute atomic E-state index is 0.245. The second kappa shape index (κ2) is 5.77. The Hall–Kier alpha value is -2.02. The van der Waals surface area contributed by atoms with Gasteiger partial charge in [0.2, 0.25) is 5.89 Å². The Morgan fingerprint density at radius 3 is 2.95 bits per heavy atom. The van der Waals surface area contributed by atoms with E-state index < -0.39 is 11.9 Å². The monoisotopic (exact) mass is 305 g/mol. The van der Waals surface area contributed by atoms with Gasteiger partial charge in [0.15, 0.2) is 5.82 Å². The summed E-state index contributed by atoms with van der Waals surface area (Å²) in [6.45, 7) is 1.95. The first kappa shape index (κ1) is 13.9. The van der Waals surface area contributed by atoms with Crippen LogP contribution >= 0.6 is 11.3 Å². The van der Waals surface area contributed by atoms with E-state index in [9.17, 15) is 9.90 Å². The first-order valence-electron chi connectivity index (χ1n) is 6.75. The number of hydrogen-bond donors (Lipinski definition) is 1. The molecule has 3 rings (SSSR count). The summed E-state index contributed by atoms with van der Waals surface area (Å²) >= 11 is 1.58. The number of aryl methyl sites for hydroxylation is 1. The fraction of sp³-hybridized carbons (Fsp3) is 0.429. The van der Waals surface area contributed by atoms with Gasteiger partial charge in [-0.15, -0.1) is 11.3 Å². The van der Waals surface area contributed by atoms with Crippen LogP contribution in [0.15, 0.2) is 22.1 Å². The number of carbonyl (C=O) groups is 1. The molecule has 110 valence electrons. The van der Waals surface area contributed by atoms with E-state index >= 15 is 0 Å². The van der Waals surface area contributed by atoms with Crippen molar-refractivity contribution in [1.29, 1.82) is 0 Å². The quantitative estimate of drug-likeness (QED) is 0.873. The predicted molar refractivity (Wildman–Crippen MR) is 76.2 cm³/mol. The zero-order valence-electron chi connectivity index (χ0n) is 11.5. The van der Waals surface area contributed by atoms with Gasteiger partial charge >= 0.3 is 5.97 Å². The number of carboxylic acids is 1. The molecule has 0 saturated carbocycles. The lowest BCUT2D eigenvalue weighted by atomic mass is 9.83. The summed E-state index contributed by atoms with van der Waals surface area (Å²) in [6, 6.07) is 0. The molecule has 21 heavy (non-hydrogen) atoms. The van der Waals surface area contributed by atoms with Crippen molar-refractivity contribution in [2.24, 2.45) is 5.92 Å². The second-order valence-corrected chi connectivity index (χ2v) is 6.14. The normalized spacial score (nSPS) is 21.6. The van der Waals surface area contributed by atoms with Crippen LogP contribution in [0.5, 0.6) is 0 Å². The molecule has 0 radical (unpaired) electrons. The van der Waals surface area contributed by atoms with Crippen LogP contribution in [-0.2, 0) is 11.2 Å². The second-order valence-electron chi connectivity index (χ2n) is 5.08. The van der Waals surface area contributed by atoms with E-state index in [0.717, 1.165) is 10.7 Å². The average molecular weight is 305 g/mol. The van der Waals surface area contributed by atoms with Crippen LogP contribution in [0.3, 0.4) is 0 Å². The van der Waals surface area contributed by atoms with Crippen molar-refractivity contribution in [3.8, 4) is 0 Å². The average Bonchev–Trinajstić information content (AvgIpc) is 3.08. The van der Waals surface area contributed by atoms with Crippen LogP contribution < -0.4 is 0 Å². The zero-order chi connectivity index (χ0) is 14.8. The molecular formula is C14H15N3O3S. The van der Waals surface area contributed by atoms with Crippen LogP contribution in [0.2, 0.25) is 0 Å². The summed E-state index contributed by atoms with van der Waals surface area (Å²) in [5.41, 5.74) is 0.906. The fourth-order valence-electron chi connectivity index (χ4n) is 2.50. The molecule has 0 fully saturated rings. The van der Waals surface area contributed by atoms with Crippen molar-refractivity contribution in [2.45, 2.75) is 32.1 Å². The van der Waals surface area contributed by atoms with Crippen LogP contribution in [0.25, 0.3) is 0 Å². The van der Waals surface area contributed by atoms with Gasteiger partial charge in [0.1, 0.15) is 0 Å². The molecule has 0 saturated heterocycles. The Kier molecular flexibility index (Phi) is 3.83. The number of allylic oxidation sites excluding steroid dienone is 2. The first-order chi connectivity index (χ1) is 10.1. The SMILES string of the molecule is Cc1nc(Cc2noc(C3CC=CCC3C(=O)O)n2)cs1. The van der Waals surface area contributed by atoms with Crippen molar-refractivity contribution in [3.63, 3.8) is 0 Å². The van der Waals surface area contributed by atoms with E-state index in [1.807, 2.05) is 24.5 Å². The highest BCUT2D eigenvalue weighted by Crippen LogP contribution is 2.33. The van der Waals surface area contributed by atoms with Crippen molar-refractivity contribution in [1.82, 2.24) is 15.1 Å². The highest BCUT2D eigenvalue weighted by Gasteiger charge is 2.33. The summed E-state index contributed by atoms with van der Waals surface area (Å²) in [5.74, 6) is -0.599. The molecule has 1 aliphatic rings.